The van der Waals surface area contributed by atoms with E-state index in [2.05, 4.69) is 0 Å². The summed E-state index contributed by atoms with van der Waals surface area (Å²) in [6.07, 6.45) is 0. The Morgan fingerprint density at radius 2 is 0.640 bits per heavy atom. The van der Waals surface area contributed by atoms with E-state index in [0.29, 0.717) is 0 Å². The quantitative estimate of drug-likeness (QED) is 0.162. The molecular weight excluding hydrogens is 601 g/mol. The normalized spacial score (nSPS) is 20.2. The van der Waals surface area contributed by atoms with Gasteiger partial charge in [-0.05, 0) is 131 Å². The summed E-state index contributed by atoms with van der Waals surface area (Å²) < 4.78 is 260. The molecule has 0 amide bonds. The second-order valence-electron chi connectivity index (χ2n) is 11.8. The van der Waals surface area contributed by atoms with Crippen molar-refractivity contribution >= 4 is 97.0 Å². The molecule has 0 atom stereocenters. The molecule has 12 aromatic carbocycles. The summed E-state index contributed by atoms with van der Waals surface area (Å²) in [6.45, 7) is 0. The lowest BCUT2D eigenvalue weighted by molar-refractivity contribution is 1.66. The van der Waals surface area contributed by atoms with Crippen molar-refractivity contribution in [1.82, 2.24) is 0 Å². The van der Waals surface area contributed by atoms with Crippen molar-refractivity contribution < 1.29 is 38.4 Å². The summed E-state index contributed by atoms with van der Waals surface area (Å²) in [5.74, 6) is 0. The molecule has 0 aliphatic heterocycles. The van der Waals surface area contributed by atoms with Gasteiger partial charge in [-0.25, -0.2) is 0 Å². The second kappa shape index (κ2) is 9.56. The smallest absolute Gasteiger partial charge is 0.0622 e. The average molecular weight is 657 g/mol. The largest absolute Gasteiger partial charge is 0.0636 e. The zero-order valence-corrected chi connectivity index (χ0v) is 25.0. The highest BCUT2D eigenvalue weighted by Crippen LogP contribution is 2.47. The Morgan fingerprint density at radius 1 is 0.240 bits per heavy atom. The average Bonchev–Trinajstić information content (AvgIpc) is 1.69. The first kappa shape index (κ1) is 11.5. The maximum atomic E-state index is 10.4. The minimum absolute atomic E-state index is 0.417. The third kappa shape index (κ3) is 3.40. The van der Waals surface area contributed by atoms with Crippen molar-refractivity contribution in [3.8, 4) is 22.3 Å². The lowest BCUT2D eigenvalue weighted by Crippen LogP contribution is -1.91. The zero-order valence-electron chi connectivity index (χ0n) is 53.0. The molecule has 0 bridgehead atoms. The Balaban J connectivity index is 1.46. The SMILES string of the molecule is [2H]c1c([2H])c([2H])c(-c2c([2H])c([2H])c3c([2H])c([2H])c4c(-c5c([2H])c6c([2H])c([2H])c7c([2H])c([2H])c([2H])c8c9c([2H])c([2H])c([2H])c%10c([2H])c([2H])c%11c([2H])c([2H])c([2H])c(c(c5[2H])c6c78)c%11c%109)c([2H])c([2H])c5c([2H])c([2H])c2c3c54)c([2H])c1[2H]. The fourth-order valence-corrected chi connectivity index (χ4v) is 7.19. The molecule has 0 aliphatic carbocycles. The van der Waals surface area contributed by atoms with Gasteiger partial charge in [0.1, 0.15) is 0 Å². The van der Waals surface area contributed by atoms with Crippen LogP contribution in [0.3, 0.4) is 0 Å². The Bertz CT molecular complexity index is 4950. The third-order valence-electron chi connectivity index (χ3n) is 9.25. The van der Waals surface area contributed by atoms with Crippen molar-refractivity contribution in [3.63, 3.8) is 0 Å². The molecular formula is C50H28. The van der Waals surface area contributed by atoms with Gasteiger partial charge in [-0.15, -0.1) is 0 Å². The van der Waals surface area contributed by atoms with Crippen LogP contribution in [0.1, 0.15) is 38.4 Å². The predicted molar refractivity (Wildman–Crippen MR) is 217 cm³/mol. The summed E-state index contributed by atoms with van der Waals surface area (Å²) in [5.41, 5.74) is -2.83. The molecule has 0 nitrogen and oxygen atoms in total. The van der Waals surface area contributed by atoms with E-state index in [1.54, 1.807) is 0 Å². The molecule has 0 aromatic heterocycles. The van der Waals surface area contributed by atoms with E-state index >= 15 is 0 Å². The van der Waals surface area contributed by atoms with Crippen LogP contribution in [-0.2, 0) is 0 Å². The van der Waals surface area contributed by atoms with Crippen LogP contribution in [-0.4, -0.2) is 0 Å². The van der Waals surface area contributed by atoms with Crippen LogP contribution in [0.2, 0.25) is 0 Å². The van der Waals surface area contributed by atoms with Gasteiger partial charge in [-0.3, -0.25) is 0 Å². The van der Waals surface area contributed by atoms with Gasteiger partial charge in [-0.2, -0.15) is 0 Å². The van der Waals surface area contributed by atoms with Crippen LogP contribution in [0.25, 0.3) is 119 Å². The van der Waals surface area contributed by atoms with E-state index in [1.807, 2.05) is 0 Å². The number of rotatable bonds is 2. The van der Waals surface area contributed by atoms with Gasteiger partial charge in [0.25, 0.3) is 0 Å². The summed E-state index contributed by atoms with van der Waals surface area (Å²) >= 11 is 0. The van der Waals surface area contributed by atoms with Gasteiger partial charge < -0.3 is 0 Å². The first-order chi connectivity index (χ1) is 36.5. The van der Waals surface area contributed by atoms with Gasteiger partial charge in [0.2, 0.25) is 0 Å². The van der Waals surface area contributed by atoms with Gasteiger partial charge in [0.05, 0.1) is 38.4 Å². The van der Waals surface area contributed by atoms with E-state index in [1.165, 1.54) is 0 Å². The Kier molecular flexibility index (Phi) is 2.21. The minimum Gasteiger partial charge on any atom is -0.0622 e. The fourth-order valence-electron chi connectivity index (χ4n) is 7.19. The molecule has 0 heteroatoms. The molecule has 50 heavy (non-hydrogen) atoms. The Hall–Kier alpha value is -6.50. The Labute approximate surface area is 327 Å². The first-order valence-electron chi connectivity index (χ1n) is 29.2. The molecule has 0 saturated carbocycles. The Morgan fingerprint density at radius 3 is 1.20 bits per heavy atom. The van der Waals surface area contributed by atoms with Crippen molar-refractivity contribution in [1.29, 1.82) is 0 Å². The maximum Gasteiger partial charge on any atom is 0.0636 e. The van der Waals surface area contributed by atoms with Gasteiger partial charge >= 0.3 is 0 Å². The molecule has 12 rings (SSSR count). The molecule has 12 aromatic rings. The lowest BCUT2D eigenvalue weighted by Gasteiger charge is -2.19. The van der Waals surface area contributed by atoms with Gasteiger partial charge in [0.15, 0.2) is 0 Å². The zero-order chi connectivity index (χ0) is 56.9. The van der Waals surface area contributed by atoms with Crippen LogP contribution in [0.4, 0.5) is 0 Å². The molecule has 0 heterocycles. The summed E-state index contributed by atoms with van der Waals surface area (Å²) in [4.78, 5) is 0. The molecule has 0 saturated heterocycles. The third-order valence-corrected chi connectivity index (χ3v) is 9.25. The van der Waals surface area contributed by atoms with E-state index in [9.17, 15) is 23.3 Å². The molecule has 0 unspecified atom stereocenters. The van der Waals surface area contributed by atoms with E-state index in [-0.39, 0.29) is 0 Å². The van der Waals surface area contributed by atoms with Crippen LogP contribution < -0.4 is 0 Å². The molecule has 0 aliphatic rings. The van der Waals surface area contributed by atoms with Crippen LogP contribution in [0.5, 0.6) is 0 Å². The highest BCUT2D eigenvalue weighted by atomic mass is 14.2. The molecule has 0 radical (unpaired) electrons. The summed E-state index contributed by atoms with van der Waals surface area (Å²) in [7, 11) is 0. The van der Waals surface area contributed by atoms with Crippen LogP contribution in [0.15, 0.2) is 169 Å². The van der Waals surface area contributed by atoms with Crippen molar-refractivity contribution in [2.75, 3.05) is 0 Å². The van der Waals surface area contributed by atoms with E-state index in [4.69, 9.17) is 15.1 Å². The number of hydrogen-bond donors (Lipinski definition) is 0. The van der Waals surface area contributed by atoms with Crippen molar-refractivity contribution in [2.24, 2.45) is 0 Å². The standard InChI is InChI=1S/C50H28/c1-2-7-29(8-3-1)37-23-19-33-22-26-43-38(24-20-34-21-25-42(37)48(33)49(34)43)36-27-35-18-17-32-10-5-13-40-39-12-4-9-30-15-16-31-11-6-14-41(47(31)45(30)39)44(28-36)50(35)46(32)40/h1-28H/i1D,2D,3D,4D,5D,6D,7D,8D,9D,10D,11D,12D,13D,14D,15D,16D,17D,18D,19D,20D,21D,22D,23D,24D,25D,26D,27D,28D. The molecule has 0 spiro atoms. The number of benzene rings is 11. The highest BCUT2D eigenvalue weighted by Gasteiger charge is 2.19. The minimum atomic E-state index is -0.974. The second-order valence-corrected chi connectivity index (χ2v) is 11.8. The first-order valence-corrected chi connectivity index (χ1v) is 15.2. The van der Waals surface area contributed by atoms with E-state index in [0.717, 1.165) is 0 Å². The number of hydrogen-bond acceptors (Lipinski definition) is 0. The maximum absolute atomic E-state index is 10.4. The molecule has 0 fully saturated rings. The molecule has 228 valence electrons. The monoisotopic (exact) mass is 656 g/mol. The molecule has 0 N–H and O–H groups in total. The highest BCUT2D eigenvalue weighted by molar-refractivity contribution is 6.37. The predicted octanol–water partition coefficient (Wildman–Crippen LogP) is 14.3. The fraction of sp³-hybridized carbons (Fsp3) is 0. The number of fused-ring (bicyclic) bond motifs is 2. The van der Waals surface area contributed by atoms with Crippen LogP contribution in [0, 0.1) is 0 Å². The summed E-state index contributed by atoms with van der Waals surface area (Å²) in [5, 5.41) is -9.45. The van der Waals surface area contributed by atoms with Gasteiger partial charge in [-0.1, -0.05) is 157 Å². The lowest BCUT2D eigenvalue weighted by atomic mass is 9.85. The van der Waals surface area contributed by atoms with Crippen LogP contribution >= 0.6 is 0 Å². The topological polar surface area (TPSA) is 0 Å². The van der Waals surface area contributed by atoms with Crippen molar-refractivity contribution in [2.45, 2.75) is 0 Å². The van der Waals surface area contributed by atoms with Gasteiger partial charge in [0, 0.05) is 0 Å². The van der Waals surface area contributed by atoms with E-state index < -0.39 is 288 Å². The summed E-state index contributed by atoms with van der Waals surface area (Å²) in [6, 6.07) is -24.3. The van der Waals surface area contributed by atoms with Crippen molar-refractivity contribution in [3.05, 3.63) is 169 Å².